The standard InChI is InChI=1S/C22H33N3O2/c1-24-13-15-25(16-14-24)12-4-11-23-22(27)10-9-21(26)20-8-7-18-5-2-3-6-19(18)17-20/h7-8,17H,2-6,9-16H2,1H3,(H,23,27). The van der Waals surface area contributed by atoms with Crippen LogP contribution >= 0.6 is 0 Å². The Bertz CT molecular complexity index is 651. The molecule has 3 rings (SSSR count). The lowest BCUT2D eigenvalue weighted by molar-refractivity contribution is -0.121. The Labute approximate surface area is 163 Å². The second-order valence-corrected chi connectivity index (χ2v) is 7.96. The van der Waals surface area contributed by atoms with Gasteiger partial charge in [0.2, 0.25) is 5.91 Å². The molecule has 1 aromatic carbocycles. The van der Waals surface area contributed by atoms with E-state index in [9.17, 15) is 9.59 Å². The normalized spacial score (nSPS) is 18.1. The van der Waals surface area contributed by atoms with Crippen LogP contribution < -0.4 is 5.32 Å². The Kier molecular flexibility index (Phi) is 7.41. The lowest BCUT2D eigenvalue weighted by Gasteiger charge is -2.32. The molecule has 5 nitrogen and oxygen atoms in total. The third-order valence-corrected chi connectivity index (χ3v) is 5.82. The fourth-order valence-electron chi connectivity index (χ4n) is 3.97. The van der Waals surface area contributed by atoms with Gasteiger partial charge in [0.05, 0.1) is 0 Å². The van der Waals surface area contributed by atoms with E-state index in [0.717, 1.165) is 57.5 Å². The maximum Gasteiger partial charge on any atom is 0.220 e. The maximum absolute atomic E-state index is 12.4. The van der Waals surface area contributed by atoms with Crippen LogP contribution in [0.1, 0.15) is 53.6 Å². The van der Waals surface area contributed by atoms with Crippen molar-refractivity contribution in [1.82, 2.24) is 15.1 Å². The highest BCUT2D eigenvalue weighted by Gasteiger charge is 2.15. The molecule has 0 saturated carbocycles. The third kappa shape index (κ3) is 6.15. The van der Waals surface area contributed by atoms with Gasteiger partial charge in [-0.25, -0.2) is 0 Å². The van der Waals surface area contributed by atoms with E-state index in [1.54, 1.807) is 0 Å². The molecule has 27 heavy (non-hydrogen) atoms. The van der Waals surface area contributed by atoms with Crippen molar-refractivity contribution in [3.05, 3.63) is 34.9 Å². The van der Waals surface area contributed by atoms with Gasteiger partial charge in [-0.3, -0.25) is 9.59 Å². The molecule has 1 aliphatic carbocycles. The zero-order valence-corrected chi connectivity index (χ0v) is 16.6. The van der Waals surface area contributed by atoms with E-state index in [0.29, 0.717) is 13.0 Å². The highest BCUT2D eigenvalue weighted by Crippen LogP contribution is 2.22. The largest absolute Gasteiger partial charge is 0.356 e. The van der Waals surface area contributed by atoms with Gasteiger partial charge in [0.15, 0.2) is 5.78 Å². The minimum absolute atomic E-state index is 0.0142. The summed E-state index contributed by atoms with van der Waals surface area (Å²) in [6.45, 7) is 6.19. The molecular formula is C22H33N3O2. The van der Waals surface area contributed by atoms with Crippen LogP contribution in [-0.2, 0) is 17.6 Å². The van der Waals surface area contributed by atoms with Crippen LogP contribution in [0.2, 0.25) is 0 Å². The number of rotatable bonds is 8. The van der Waals surface area contributed by atoms with Crippen molar-refractivity contribution in [2.45, 2.75) is 44.9 Å². The van der Waals surface area contributed by atoms with Crippen molar-refractivity contribution < 1.29 is 9.59 Å². The van der Waals surface area contributed by atoms with Crippen molar-refractivity contribution in [2.75, 3.05) is 46.3 Å². The fraction of sp³-hybridized carbons (Fsp3) is 0.636. The summed E-state index contributed by atoms with van der Waals surface area (Å²) in [5.74, 6) is 0.0654. The number of fused-ring (bicyclic) bond motifs is 1. The molecule has 0 bridgehead atoms. The van der Waals surface area contributed by atoms with E-state index in [-0.39, 0.29) is 18.1 Å². The number of Topliss-reactive ketones (excluding diaryl/α,β-unsaturated/α-hetero) is 1. The van der Waals surface area contributed by atoms with E-state index in [1.807, 2.05) is 12.1 Å². The zero-order valence-electron chi connectivity index (χ0n) is 16.6. The smallest absolute Gasteiger partial charge is 0.220 e. The summed E-state index contributed by atoms with van der Waals surface area (Å²) < 4.78 is 0. The first-order valence-corrected chi connectivity index (χ1v) is 10.4. The van der Waals surface area contributed by atoms with Crippen LogP contribution in [-0.4, -0.2) is 67.8 Å². The molecule has 1 saturated heterocycles. The van der Waals surface area contributed by atoms with E-state index < -0.39 is 0 Å². The van der Waals surface area contributed by atoms with Gasteiger partial charge >= 0.3 is 0 Å². The summed E-state index contributed by atoms with van der Waals surface area (Å²) in [6.07, 6.45) is 6.20. The van der Waals surface area contributed by atoms with E-state index in [4.69, 9.17) is 0 Å². The Morgan fingerprint density at radius 2 is 1.74 bits per heavy atom. The second kappa shape index (κ2) is 10.00. The summed E-state index contributed by atoms with van der Waals surface area (Å²) >= 11 is 0. The molecule has 1 fully saturated rings. The fourth-order valence-corrected chi connectivity index (χ4v) is 3.97. The number of carbonyl (C=O) groups excluding carboxylic acids is 2. The first-order valence-electron chi connectivity index (χ1n) is 10.4. The molecule has 0 radical (unpaired) electrons. The number of carbonyl (C=O) groups is 2. The lowest BCUT2D eigenvalue weighted by atomic mass is 9.89. The highest BCUT2D eigenvalue weighted by atomic mass is 16.2. The number of amides is 1. The summed E-state index contributed by atoms with van der Waals surface area (Å²) in [6, 6.07) is 6.07. The van der Waals surface area contributed by atoms with Crippen LogP contribution in [0, 0.1) is 0 Å². The van der Waals surface area contributed by atoms with E-state index in [2.05, 4.69) is 28.2 Å². The summed E-state index contributed by atoms with van der Waals surface area (Å²) in [4.78, 5) is 29.2. The van der Waals surface area contributed by atoms with Crippen LogP contribution in [0.15, 0.2) is 18.2 Å². The molecule has 1 aliphatic heterocycles. The van der Waals surface area contributed by atoms with Gasteiger partial charge < -0.3 is 15.1 Å². The van der Waals surface area contributed by atoms with Crippen LogP contribution in [0.25, 0.3) is 0 Å². The topological polar surface area (TPSA) is 52.6 Å². The molecule has 0 aromatic heterocycles. The molecule has 1 aromatic rings. The minimum Gasteiger partial charge on any atom is -0.356 e. The second-order valence-electron chi connectivity index (χ2n) is 7.96. The number of hydrogen-bond donors (Lipinski definition) is 1. The predicted octanol–water partition coefficient (Wildman–Crippen LogP) is 2.28. The molecule has 0 unspecified atom stereocenters. The van der Waals surface area contributed by atoms with Gasteiger partial charge in [0, 0.05) is 51.1 Å². The van der Waals surface area contributed by atoms with Crippen molar-refractivity contribution in [3.63, 3.8) is 0 Å². The van der Waals surface area contributed by atoms with E-state index >= 15 is 0 Å². The first kappa shape index (κ1) is 20.0. The molecule has 1 heterocycles. The molecular weight excluding hydrogens is 338 g/mol. The van der Waals surface area contributed by atoms with E-state index in [1.165, 1.54) is 24.0 Å². The maximum atomic E-state index is 12.4. The Balaban J connectivity index is 1.32. The van der Waals surface area contributed by atoms with Crippen LogP contribution in [0.4, 0.5) is 0 Å². The minimum atomic E-state index is -0.0142. The molecule has 1 amide bonds. The number of nitrogens with zero attached hydrogens (tertiary/aromatic N) is 2. The average molecular weight is 372 g/mol. The summed E-state index contributed by atoms with van der Waals surface area (Å²) in [7, 11) is 2.16. The number of hydrogen-bond acceptors (Lipinski definition) is 4. The lowest BCUT2D eigenvalue weighted by Crippen LogP contribution is -2.45. The highest BCUT2D eigenvalue weighted by molar-refractivity contribution is 5.98. The number of piperazine rings is 1. The van der Waals surface area contributed by atoms with Crippen molar-refractivity contribution >= 4 is 11.7 Å². The monoisotopic (exact) mass is 371 g/mol. The van der Waals surface area contributed by atoms with Gasteiger partial charge in [-0.2, -0.15) is 0 Å². The molecule has 1 N–H and O–H groups in total. The van der Waals surface area contributed by atoms with Crippen LogP contribution in [0.5, 0.6) is 0 Å². The first-order chi connectivity index (χ1) is 13.1. The number of aryl methyl sites for hydroxylation is 2. The predicted molar refractivity (Wildman–Crippen MR) is 108 cm³/mol. The van der Waals surface area contributed by atoms with Crippen LogP contribution in [0.3, 0.4) is 0 Å². The Morgan fingerprint density at radius 3 is 2.52 bits per heavy atom. The number of nitrogens with one attached hydrogen (secondary N) is 1. The zero-order chi connectivity index (χ0) is 19.1. The molecule has 148 valence electrons. The summed E-state index contributed by atoms with van der Waals surface area (Å²) in [5.41, 5.74) is 3.47. The molecule has 0 spiro atoms. The van der Waals surface area contributed by atoms with Crippen molar-refractivity contribution in [2.24, 2.45) is 0 Å². The number of likely N-dealkylation sites (N-methyl/N-ethyl adjacent to an activating group) is 1. The third-order valence-electron chi connectivity index (χ3n) is 5.82. The number of benzene rings is 1. The number of ketones is 1. The van der Waals surface area contributed by atoms with Crippen molar-refractivity contribution in [1.29, 1.82) is 0 Å². The molecule has 0 atom stereocenters. The Hall–Kier alpha value is -1.72. The van der Waals surface area contributed by atoms with Crippen molar-refractivity contribution in [3.8, 4) is 0 Å². The van der Waals surface area contributed by atoms with Gasteiger partial charge in [0.1, 0.15) is 0 Å². The van der Waals surface area contributed by atoms with Gasteiger partial charge in [-0.1, -0.05) is 12.1 Å². The Morgan fingerprint density at radius 1 is 1.00 bits per heavy atom. The summed E-state index contributed by atoms with van der Waals surface area (Å²) in [5, 5.41) is 2.96. The average Bonchev–Trinajstić information content (AvgIpc) is 2.70. The van der Waals surface area contributed by atoms with Gasteiger partial charge in [-0.15, -0.1) is 0 Å². The molecule has 5 heteroatoms. The van der Waals surface area contributed by atoms with Gasteiger partial charge in [-0.05, 0) is 62.9 Å². The quantitative estimate of drug-likeness (QED) is 0.563. The SMILES string of the molecule is CN1CCN(CCCNC(=O)CCC(=O)c2ccc3c(c2)CCCC3)CC1. The molecule has 2 aliphatic rings. The van der Waals surface area contributed by atoms with Gasteiger partial charge in [0.25, 0.3) is 0 Å².